The number of benzene rings is 7. The van der Waals surface area contributed by atoms with Gasteiger partial charge in [0.15, 0.2) is 0 Å². The van der Waals surface area contributed by atoms with Crippen LogP contribution in [0.25, 0.3) is 61.2 Å². The molecular formula is C66H69N. The second-order valence-electron chi connectivity index (χ2n) is 17.9. The van der Waals surface area contributed by atoms with Crippen LogP contribution in [0.2, 0.25) is 0 Å². The molecule has 338 valence electrons. The SMILES string of the molecule is CC.CC.CC1C=CC(C2C=CC=CC2)=CC1.Cc1ccc(-c2ccc(-c3ccc4c(c3)c3c(n4-c4ccccc4)-c4ccccc4C3(C)C)cc2)cc1.Cc1ccc(-c2ccccc2)cc1. The molecular weight excluding hydrogens is 807 g/mol. The number of allylic oxidation sites excluding steroid dienone is 8. The molecule has 7 aromatic carbocycles. The molecule has 0 radical (unpaired) electrons. The molecule has 8 aromatic rings. The summed E-state index contributed by atoms with van der Waals surface area (Å²) >= 11 is 0. The molecule has 1 aromatic heterocycles. The van der Waals surface area contributed by atoms with E-state index in [1.54, 1.807) is 0 Å². The van der Waals surface area contributed by atoms with E-state index in [1.807, 2.05) is 33.8 Å². The van der Waals surface area contributed by atoms with Crippen molar-refractivity contribution >= 4 is 10.9 Å². The summed E-state index contributed by atoms with van der Waals surface area (Å²) < 4.78 is 2.46. The first-order valence-electron chi connectivity index (χ1n) is 24.6. The first-order valence-corrected chi connectivity index (χ1v) is 24.6. The number of aryl methyl sites for hydroxylation is 2. The van der Waals surface area contributed by atoms with Crippen molar-refractivity contribution in [2.45, 2.75) is 80.6 Å². The van der Waals surface area contributed by atoms with E-state index in [-0.39, 0.29) is 5.41 Å². The molecule has 0 fully saturated rings. The van der Waals surface area contributed by atoms with E-state index < -0.39 is 0 Å². The summed E-state index contributed by atoms with van der Waals surface area (Å²) in [5, 5.41) is 1.33. The quantitative estimate of drug-likeness (QED) is 0.162. The van der Waals surface area contributed by atoms with Gasteiger partial charge in [0.25, 0.3) is 0 Å². The van der Waals surface area contributed by atoms with Crippen LogP contribution in [0.5, 0.6) is 0 Å². The molecule has 0 bridgehead atoms. The monoisotopic (exact) mass is 876 g/mol. The third kappa shape index (κ3) is 10.9. The van der Waals surface area contributed by atoms with E-state index in [2.05, 4.69) is 252 Å². The molecule has 0 amide bonds. The van der Waals surface area contributed by atoms with Crippen molar-refractivity contribution in [3.05, 3.63) is 246 Å². The van der Waals surface area contributed by atoms with Gasteiger partial charge in [-0.3, -0.25) is 0 Å². The number of hydrogen-bond donors (Lipinski definition) is 0. The van der Waals surface area contributed by atoms with Gasteiger partial charge >= 0.3 is 0 Å². The van der Waals surface area contributed by atoms with Crippen molar-refractivity contribution < 1.29 is 0 Å². The molecule has 0 saturated carbocycles. The van der Waals surface area contributed by atoms with Crippen molar-refractivity contribution in [3.8, 4) is 50.3 Å². The summed E-state index contributed by atoms with van der Waals surface area (Å²) in [6.07, 6.45) is 18.2. The van der Waals surface area contributed by atoms with Crippen molar-refractivity contribution in [1.29, 1.82) is 0 Å². The van der Waals surface area contributed by atoms with Crippen LogP contribution in [0.1, 0.15) is 83.6 Å². The lowest BCUT2D eigenvalue weighted by Crippen LogP contribution is -2.14. The minimum Gasteiger partial charge on any atom is -0.309 e. The van der Waals surface area contributed by atoms with E-state index in [1.165, 1.54) is 102 Å². The summed E-state index contributed by atoms with van der Waals surface area (Å²) in [6.45, 7) is 19.2. The van der Waals surface area contributed by atoms with Gasteiger partial charge in [-0.15, -0.1) is 0 Å². The van der Waals surface area contributed by atoms with Crippen LogP contribution in [0.4, 0.5) is 0 Å². The maximum atomic E-state index is 2.46. The number of rotatable bonds is 5. The van der Waals surface area contributed by atoms with Crippen LogP contribution in [0, 0.1) is 25.7 Å². The highest BCUT2D eigenvalue weighted by atomic mass is 15.0. The van der Waals surface area contributed by atoms with Crippen molar-refractivity contribution in [3.63, 3.8) is 0 Å². The highest BCUT2D eigenvalue weighted by Gasteiger charge is 2.40. The molecule has 67 heavy (non-hydrogen) atoms. The number of fused-ring (bicyclic) bond motifs is 5. The van der Waals surface area contributed by atoms with Gasteiger partial charge in [-0.05, 0) is 107 Å². The Hall–Kier alpha value is -6.96. The standard InChI is InChI=1S/C36H29N.C13H16.C13H12.2C2H6/c1-24-13-15-25(16-14-24)26-17-19-27(20-18-26)28-21-22-33-31(23-28)34-35(37(33)29-9-5-4-6-10-29)30-11-7-8-12-32(30)36(34,2)3;2*1-11-7-9-13(10-8-11)12-5-3-2-4-6-12;2*1-2/h4-23H,1-3H3;2-5,7,9-12H,6,8H2,1H3;2-10H,1H3;2*1-2H3. The van der Waals surface area contributed by atoms with Crippen LogP contribution in [0.15, 0.2) is 224 Å². The van der Waals surface area contributed by atoms with Gasteiger partial charge in [0.1, 0.15) is 0 Å². The molecule has 0 N–H and O–H groups in total. The summed E-state index contributed by atoms with van der Waals surface area (Å²) in [5.74, 6) is 1.36. The number of hydrogen-bond acceptors (Lipinski definition) is 0. The lowest BCUT2D eigenvalue weighted by atomic mass is 9.81. The summed E-state index contributed by atoms with van der Waals surface area (Å²) in [6, 6.07) is 63.4. The van der Waals surface area contributed by atoms with E-state index in [0.29, 0.717) is 5.92 Å². The Balaban J connectivity index is 0.000000181. The zero-order valence-electron chi connectivity index (χ0n) is 41.3. The fourth-order valence-corrected chi connectivity index (χ4v) is 9.40. The third-order valence-electron chi connectivity index (χ3n) is 13.0. The maximum absolute atomic E-state index is 2.46. The number of para-hydroxylation sites is 1. The highest BCUT2D eigenvalue weighted by molar-refractivity contribution is 6.01. The van der Waals surface area contributed by atoms with E-state index in [4.69, 9.17) is 0 Å². The summed E-state index contributed by atoms with van der Waals surface area (Å²) in [7, 11) is 0. The fourth-order valence-electron chi connectivity index (χ4n) is 9.40. The Kier molecular flexibility index (Phi) is 16.1. The molecule has 3 aliphatic carbocycles. The molecule has 0 spiro atoms. The molecule has 1 heteroatoms. The maximum Gasteiger partial charge on any atom is 0.0584 e. The Labute approximate surface area is 402 Å². The van der Waals surface area contributed by atoms with Crippen LogP contribution in [-0.2, 0) is 5.41 Å². The van der Waals surface area contributed by atoms with E-state index in [0.717, 1.165) is 5.92 Å². The summed E-state index contributed by atoms with van der Waals surface area (Å²) in [4.78, 5) is 0. The third-order valence-corrected chi connectivity index (χ3v) is 13.0. The molecule has 11 rings (SSSR count). The zero-order chi connectivity index (χ0) is 47.3. The summed E-state index contributed by atoms with van der Waals surface area (Å²) in [5.41, 5.74) is 19.5. The first-order chi connectivity index (χ1) is 32.7. The first kappa shape index (κ1) is 48.0. The minimum absolute atomic E-state index is 0.0713. The van der Waals surface area contributed by atoms with Gasteiger partial charge in [0, 0.05) is 28.0 Å². The fraction of sp³-hybridized carbons (Fsp3) is 0.212. The molecule has 1 nitrogen and oxygen atoms in total. The van der Waals surface area contributed by atoms with Gasteiger partial charge < -0.3 is 4.57 Å². The normalized spacial score (nSPS) is 15.7. The lowest BCUT2D eigenvalue weighted by Gasteiger charge is -2.21. The lowest BCUT2D eigenvalue weighted by molar-refractivity contribution is 0.666. The Morgan fingerprint density at radius 3 is 1.57 bits per heavy atom. The number of nitrogens with zero attached hydrogens (tertiary/aromatic N) is 1. The van der Waals surface area contributed by atoms with Gasteiger partial charge in [-0.2, -0.15) is 0 Å². The molecule has 2 atom stereocenters. The second-order valence-corrected chi connectivity index (χ2v) is 17.9. The van der Waals surface area contributed by atoms with Gasteiger partial charge in [-0.25, -0.2) is 0 Å². The van der Waals surface area contributed by atoms with Crippen molar-refractivity contribution in [1.82, 2.24) is 4.57 Å². The van der Waals surface area contributed by atoms with Gasteiger partial charge in [0.2, 0.25) is 0 Å². The van der Waals surface area contributed by atoms with Crippen molar-refractivity contribution in [2.75, 3.05) is 0 Å². The average molecular weight is 876 g/mol. The molecule has 3 aliphatic rings. The number of aromatic nitrogens is 1. The predicted molar refractivity (Wildman–Crippen MR) is 293 cm³/mol. The van der Waals surface area contributed by atoms with E-state index in [9.17, 15) is 0 Å². The highest BCUT2D eigenvalue weighted by Crippen LogP contribution is 2.54. The Morgan fingerprint density at radius 2 is 1.01 bits per heavy atom. The van der Waals surface area contributed by atoms with Gasteiger partial charge in [-0.1, -0.05) is 254 Å². The molecule has 0 aliphatic heterocycles. The second kappa shape index (κ2) is 22.5. The minimum atomic E-state index is -0.0713. The Morgan fingerprint density at radius 1 is 0.507 bits per heavy atom. The Bertz CT molecular complexity index is 2950. The molecule has 2 unspecified atom stereocenters. The van der Waals surface area contributed by atoms with Crippen molar-refractivity contribution in [2.24, 2.45) is 11.8 Å². The van der Waals surface area contributed by atoms with Crippen LogP contribution >= 0.6 is 0 Å². The van der Waals surface area contributed by atoms with E-state index >= 15 is 0 Å². The van der Waals surface area contributed by atoms with Crippen LogP contribution < -0.4 is 0 Å². The molecule has 0 saturated heterocycles. The van der Waals surface area contributed by atoms with Crippen LogP contribution in [-0.4, -0.2) is 4.57 Å². The smallest absolute Gasteiger partial charge is 0.0584 e. The van der Waals surface area contributed by atoms with Crippen LogP contribution in [0.3, 0.4) is 0 Å². The average Bonchev–Trinajstić information content (AvgIpc) is 3.86. The zero-order valence-corrected chi connectivity index (χ0v) is 41.3. The molecule has 1 heterocycles. The largest absolute Gasteiger partial charge is 0.309 e. The predicted octanol–water partition coefficient (Wildman–Crippen LogP) is 18.9. The van der Waals surface area contributed by atoms with Gasteiger partial charge in [0.05, 0.1) is 11.2 Å². The topological polar surface area (TPSA) is 4.93 Å².